The summed E-state index contributed by atoms with van der Waals surface area (Å²) < 4.78 is 6.01. The molecule has 0 aliphatic carbocycles. The van der Waals surface area contributed by atoms with Crippen LogP contribution in [0.4, 0.5) is 5.69 Å². The number of ether oxygens (including phenoxy) is 1. The highest BCUT2D eigenvalue weighted by Gasteiger charge is 2.34. The van der Waals surface area contributed by atoms with Gasteiger partial charge in [-0.3, -0.25) is 14.9 Å². The number of hydrogen-bond acceptors (Lipinski definition) is 4. The SMILES string of the molecule is Cc1ccc2c(c1)[C@@H](NC(=O)Cc1ccccc1[N+](=O)[O-])CC(C)(C)O2. The van der Waals surface area contributed by atoms with Crippen molar-refractivity contribution in [2.24, 2.45) is 0 Å². The van der Waals surface area contributed by atoms with Crippen LogP contribution in [0.3, 0.4) is 0 Å². The smallest absolute Gasteiger partial charge is 0.273 e. The fourth-order valence-corrected chi connectivity index (χ4v) is 3.36. The Hall–Kier alpha value is -2.89. The lowest BCUT2D eigenvalue weighted by molar-refractivity contribution is -0.385. The van der Waals surface area contributed by atoms with Gasteiger partial charge in [0.15, 0.2) is 0 Å². The number of carbonyl (C=O) groups excluding carboxylic acids is 1. The molecule has 6 heteroatoms. The second-order valence-corrected chi connectivity index (χ2v) is 7.29. The quantitative estimate of drug-likeness (QED) is 0.667. The van der Waals surface area contributed by atoms with Gasteiger partial charge >= 0.3 is 0 Å². The lowest BCUT2D eigenvalue weighted by Crippen LogP contribution is -2.41. The maximum Gasteiger partial charge on any atom is 0.273 e. The van der Waals surface area contributed by atoms with Gasteiger partial charge in [0.2, 0.25) is 5.91 Å². The molecule has 136 valence electrons. The summed E-state index contributed by atoms with van der Waals surface area (Å²) in [6.07, 6.45) is 0.599. The number of nitrogens with zero attached hydrogens (tertiary/aromatic N) is 1. The second kappa shape index (κ2) is 6.78. The Morgan fingerprint density at radius 2 is 2.04 bits per heavy atom. The van der Waals surface area contributed by atoms with Crippen molar-refractivity contribution in [2.75, 3.05) is 0 Å². The Balaban J connectivity index is 1.82. The Morgan fingerprint density at radius 3 is 2.77 bits per heavy atom. The first-order valence-corrected chi connectivity index (χ1v) is 8.56. The van der Waals surface area contributed by atoms with Crippen molar-refractivity contribution in [3.05, 3.63) is 69.3 Å². The highest BCUT2D eigenvalue weighted by molar-refractivity contribution is 5.80. The average Bonchev–Trinajstić information content (AvgIpc) is 2.55. The summed E-state index contributed by atoms with van der Waals surface area (Å²) in [5, 5.41) is 14.2. The number of hydrogen-bond donors (Lipinski definition) is 1. The zero-order valence-electron chi connectivity index (χ0n) is 15.1. The van der Waals surface area contributed by atoms with Crippen LogP contribution in [0.1, 0.15) is 43.0 Å². The topological polar surface area (TPSA) is 81.5 Å². The summed E-state index contributed by atoms with van der Waals surface area (Å²) in [5.74, 6) is 0.525. The summed E-state index contributed by atoms with van der Waals surface area (Å²) >= 11 is 0. The lowest BCUT2D eigenvalue weighted by atomic mass is 9.88. The Kier molecular flexibility index (Phi) is 4.68. The van der Waals surface area contributed by atoms with Crippen LogP contribution in [-0.2, 0) is 11.2 Å². The van der Waals surface area contributed by atoms with E-state index in [0.717, 1.165) is 16.9 Å². The molecule has 1 amide bonds. The molecule has 0 saturated heterocycles. The van der Waals surface area contributed by atoms with E-state index in [-0.39, 0.29) is 24.1 Å². The van der Waals surface area contributed by atoms with Crippen LogP contribution in [0.5, 0.6) is 5.75 Å². The van der Waals surface area contributed by atoms with E-state index in [1.54, 1.807) is 18.2 Å². The number of amides is 1. The Bertz CT molecular complexity index is 861. The molecular weight excluding hydrogens is 332 g/mol. The second-order valence-electron chi connectivity index (χ2n) is 7.29. The summed E-state index contributed by atoms with van der Waals surface area (Å²) in [7, 11) is 0. The minimum atomic E-state index is -0.459. The Labute approximate surface area is 152 Å². The number of carbonyl (C=O) groups is 1. The molecule has 0 aromatic heterocycles. The molecule has 0 fully saturated rings. The molecule has 1 atom stereocenters. The molecule has 3 rings (SSSR count). The van der Waals surface area contributed by atoms with Crippen molar-refractivity contribution in [1.29, 1.82) is 0 Å². The van der Waals surface area contributed by atoms with Crippen LogP contribution in [0, 0.1) is 17.0 Å². The molecule has 0 bridgehead atoms. The van der Waals surface area contributed by atoms with Crippen LogP contribution >= 0.6 is 0 Å². The van der Waals surface area contributed by atoms with Gasteiger partial charge in [-0.1, -0.05) is 35.9 Å². The normalized spacial score (nSPS) is 17.7. The summed E-state index contributed by atoms with van der Waals surface area (Å²) in [6.45, 7) is 5.96. The van der Waals surface area contributed by atoms with Gasteiger partial charge in [-0.2, -0.15) is 0 Å². The molecule has 0 spiro atoms. The van der Waals surface area contributed by atoms with Crippen molar-refractivity contribution in [1.82, 2.24) is 5.32 Å². The lowest BCUT2D eigenvalue weighted by Gasteiger charge is -2.38. The van der Waals surface area contributed by atoms with Gasteiger partial charge in [0.25, 0.3) is 5.69 Å². The molecule has 1 aliphatic rings. The molecule has 1 N–H and O–H groups in total. The van der Waals surface area contributed by atoms with Crippen LogP contribution in [0.2, 0.25) is 0 Å². The van der Waals surface area contributed by atoms with Crippen LogP contribution in [0.25, 0.3) is 0 Å². The van der Waals surface area contributed by atoms with Crippen molar-refractivity contribution in [2.45, 2.75) is 45.3 Å². The molecule has 2 aromatic rings. The molecule has 6 nitrogen and oxygen atoms in total. The third-order valence-corrected chi connectivity index (χ3v) is 4.50. The molecule has 1 aliphatic heterocycles. The Morgan fingerprint density at radius 1 is 1.31 bits per heavy atom. The summed E-state index contributed by atoms with van der Waals surface area (Å²) in [6, 6.07) is 12.1. The molecule has 0 radical (unpaired) electrons. The highest BCUT2D eigenvalue weighted by atomic mass is 16.6. The van der Waals surface area contributed by atoms with Gasteiger partial charge in [0, 0.05) is 23.6 Å². The van der Waals surface area contributed by atoms with Crippen LogP contribution in [-0.4, -0.2) is 16.4 Å². The van der Waals surface area contributed by atoms with Gasteiger partial charge in [-0.25, -0.2) is 0 Å². The summed E-state index contributed by atoms with van der Waals surface area (Å²) in [5.41, 5.74) is 2.00. The molecule has 26 heavy (non-hydrogen) atoms. The van der Waals surface area contributed by atoms with Gasteiger partial charge in [-0.05, 0) is 26.8 Å². The van der Waals surface area contributed by atoms with E-state index in [4.69, 9.17) is 4.74 Å². The van der Waals surface area contributed by atoms with E-state index >= 15 is 0 Å². The van der Waals surface area contributed by atoms with Gasteiger partial charge in [0.1, 0.15) is 11.4 Å². The minimum Gasteiger partial charge on any atom is -0.487 e. The van der Waals surface area contributed by atoms with E-state index < -0.39 is 10.5 Å². The monoisotopic (exact) mass is 354 g/mol. The fourth-order valence-electron chi connectivity index (χ4n) is 3.36. The first kappa shape index (κ1) is 17.9. The number of benzene rings is 2. The van der Waals surface area contributed by atoms with Crippen LogP contribution < -0.4 is 10.1 Å². The number of rotatable bonds is 4. The largest absolute Gasteiger partial charge is 0.487 e. The van der Waals surface area contributed by atoms with Crippen molar-refractivity contribution >= 4 is 11.6 Å². The maximum atomic E-state index is 12.6. The third-order valence-electron chi connectivity index (χ3n) is 4.50. The predicted molar refractivity (Wildman–Crippen MR) is 98.2 cm³/mol. The third kappa shape index (κ3) is 3.85. The highest BCUT2D eigenvalue weighted by Crippen LogP contribution is 2.39. The van der Waals surface area contributed by atoms with E-state index in [0.29, 0.717) is 12.0 Å². The van der Waals surface area contributed by atoms with Crippen LogP contribution in [0.15, 0.2) is 42.5 Å². The molecule has 0 saturated carbocycles. The molecular formula is C20H22N2O4. The maximum absolute atomic E-state index is 12.6. The number of fused-ring (bicyclic) bond motifs is 1. The van der Waals surface area contributed by atoms with E-state index in [9.17, 15) is 14.9 Å². The molecule has 1 heterocycles. The van der Waals surface area contributed by atoms with E-state index in [1.807, 2.05) is 39.0 Å². The van der Waals surface area contributed by atoms with E-state index in [2.05, 4.69) is 5.32 Å². The summed E-state index contributed by atoms with van der Waals surface area (Å²) in [4.78, 5) is 23.3. The average molecular weight is 354 g/mol. The predicted octanol–water partition coefficient (Wildman–Crippen LogP) is 3.86. The molecule has 2 aromatic carbocycles. The zero-order valence-corrected chi connectivity index (χ0v) is 15.1. The fraction of sp³-hybridized carbons (Fsp3) is 0.350. The van der Waals surface area contributed by atoms with Gasteiger partial charge < -0.3 is 10.1 Å². The number of aryl methyl sites for hydroxylation is 1. The van der Waals surface area contributed by atoms with Crippen molar-refractivity contribution < 1.29 is 14.5 Å². The van der Waals surface area contributed by atoms with Crippen molar-refractivity contribution in [3.63, 3.8) is 0 Å². The standard InChI is InChI=1S/C20H22N2O4/c1-13-8-9-18-15(10-13)16(12-20(2,3)26-18)21-19(23)11-14-6-4-5-7-17(14)22(24)25/h4-10,16H,11-12H2,1-3H3,(H,21,23)/t16-/m0/s1. The first-order chi connectivity index (χ1) is 12.2. The number of nitro groups is 1. The number of para-hydroxylation sites is 1. The van der Waals surface area contributed by atoms with Gasteiger partial charge in [0.05, 0.1) is 17.4 Å². The molecule has 0 unspecified atom stereocenters. The number of nitrogens with one attached hydrogen (secondary N) is 1. The number of nitro benzene ring substituents is 1. The van der Waals surface area contributed by atoms with E-state index in [1.165, 1.54) is 6.07 Å². The van der Waals surface area contributed by atoms with Crippen molar-refractivity contribution in [3.8, 4) is 5.75 Å². The zero-order chi connectivity index (χ0) is 18.9. The first-order valence-electron chi connectivity index (χ1n) is 8.56. The minimum absolute atomic E-state index is 0.0317. The van der Waals surface area contributed by atoms with Gasteiger partial charge in [-0.15, -0.1) is 0 Å².